The SMILES string of the molecule is CC(C)(C)[C@H](NC(=O)CNC(=O)c1cnccn1)C(=O)N1[C@H](C(=O)NCC(=O)C(=O)NC2CC2)C[C@@H]2CCCC[C@@H]21. The quantitative estimate of drug-likeness (QED) is 0.281. The van der Waals surface area contributed by atoms with Crippen molar-refractivity contribution in [2.75, 3.05) is 13.1 Å². The van der Waals surface area contributed by atoms with Gasteiger partial charge in [-0.25, -0.2) is 4.98 Å². The van der Waals surface area contributed by atoms with E-state index in [1.807, 2.05) is 20.8 Å². The molecule has 4 N–H and O–H groups in total. The van der Waals surface area contributed by atoms with Gasteiger partial charge in [0.05, 0.1) is 19.3 Å². The maximum absolute atomic E-state index is 14.1. The van der Waals surface area contributed by atoms with Crippen LogP contribution in [-0.2, 0) is 24.0 Å². The third kappa shape index (κ3) is 7.65. The first-order valence-electron chi connectivity index (χ1n) is 14.2. The second kappa shape index (κ2) is 12.7. The lowest BCUT2D eigenvalue weighted by Crippen LogP contribution is -2.60. The average molecular weight is 570 g/mol. The van der Waals surface area contributed by atoms with Crippen molar-refractivity contribution >= 4 is 35.3 Å². The number of Topliss-reactive ketones (excluding diaryl/α,β-unsaturated/α-hetero) is 1. The van der Waals surface area contributed by atoms with Crippen LogP contribution in [0, 0.1) is 11.3 Å². The molecule has 41 heavy (non-hydrogen) atoms. The van der Waals surface area contributed by atoms with Crippen molar-refractivity contribution in [3.8, 4) is 0 Å². The molecule has 2 heterocycles. The molecule has 1 aliphatic heterocycles. The monoisotopic (exact) mass is 569 g/mol. The van der Waals surface area contributed by atoms with Gasteiger partial charge in [-0.3, -0.25) is 33.8 Å². The van der Waals surface area contributed by atoms with Crippen molar-refractivity contribution < 1.29 is 28.8 Å². The van der Waals surface area contributed by atoms with Crippen LogP contribution in [0.2, 0.25) is 0 Å². The van der Waals surface area contributed by atoms with Gasteiger partial charge in [-0.15, -0.1) is 0 Å². The number of nitrogens with zero attached hydrogens (tertiary/aromatic N) is 3. The van der Waals surface area contributed by atoms with E-state index < -0.39 is 59.4 Å². The largest absolute Gasteiger partial charge is 0.347 e. The fourth-order valence-corrected chi connectivity index (χ4v) is 5.55. The molecule has 3 aliphatic rings. The third-order valence-electron chi connectivity index (χ3n) is 7.86. The summed E-state index contributed by atoms with van der Waals surface area (Å²) in [6.45, 7) is 4.62. The lowest BCUT2D eigenvalue weighted by atomic mass is 9.83. The first-order chi connectivity index (χ1) is 19.5. The highest BCUT2D eigenvalue weighted by atomic mass is 16.2. The molecule has 2 aliphatic carbocycles. The maximum atomic E-state index is 14.1. The highest BCUT2D eigenvalue weighted by Gasteiger charge is 2.50. The van der Waals surface area contributed by atoms with Crippen molar-refractivity contribution in [3.05, 3.63) is 24.3 Å². The van der Waals surface area contributed by atoms with Gasteiger partial charge in [0.2, 0.25) is 23.5 Å². The second-order valence-electron chi connectivity index (χ2n) is 12.1. The lowest BCUT2D eigenvalue weighted by Gasteiger charge is -2.39. The highest BCUT2D eigenvalue weighted by Crippen LogP contribution is 2.41. The number of amides is 5. The van der Waals surface area contributed by atoms with E-state index in [-0.39, 0.29) is 30.2 Å². The highest BCUT2D eigenvalue weighted by molar-refractivity contribution is 6.37. The van der Waals surface area contributed by atoms with E-state index >= 15 is 0 Å². The van der Waals surface area contributed by atoms with Gasteiger partial charge in [0.15, 0.2) is 0 Å². The Balaban J connectivity index is 1.43. The van der Waals surface area contributed by atoms with Crippen LogP contribution in [0.1, 0.15) is 76.2 Å². The fraction of sp³-hybridized carbons (Fsp3) is 0.643. The molecule has 4 rings (SSSR count). The van der Waals surface area contributed by atoms with E-state index in [1.165, 1.54) is 18.6 Å². The molecule has 2 saturated carbocycles. The van der Waals surface area contributed by atoms with E-state index in [2.05, 4.69) is 31.2 Å². The second-order valence-corrected chi connectivity index (χ2v) is 12.1. The summed E-state index contributed by atoms with van der Waals surface area (Å²) in [6, 6.07) is -1.95. The standard InChI is InChI=1S/C28H39N7O6/c1-28(2,3)23(34-22(37)15-32-24(38)18-13-29-10-11-30-18)27(41)35-19-7-5-4-6-16(19)12-20(35)25(39)31-14-21(36)26(40)33-17-8-9-17/h10-11,13,16-17,19-20,23H,4-9,12,14-15H2,1-3H3,(H,31,39)(H,32,38)(H,33,40)(H,34,37)/t16-,19-,20-,23+/m0/s1. The molecule has 13 nitrogen and oxygen atoms in total. The van der Waals surface area contributed by atoms with Gasteiger partial charge >= 0.3 is 0 Å². The number of fused-ring (bicyclic) bond motifs is 1. The van der Waals surface area contributed by atoms with Gasteiger partial charge in [0.25, 0.3) is 11.8 Å². The Morgan fingerprint density at radius 3 is 2.37 bits per heavy atom. The number of ketones is 1. The first kappa shape index (κ1) is 30.1. The molecular weight excluding hydrogens is 530 g/mol. The molecule has 1 aromatic heterocycles. The first-order valence-corrected chi connectivity index (χ1v) is 14.2. The van der Waals surface area contributed by atoms with Gasteiger partial charge in [0, 0.05) is 24.5 Å². The van der Waals surface area contributed by atoms with Gasteiger partial charge in [-0.1, -0.05) is 33.6 Å². The van der Waals surface area contributed by atoms with Gasteiger partial charge < -0.3 is 26.2 Å². The van der Waals surface area contributed by atoms with Gasteiger partial charge in [-0.2, -0.15) is 0 Å². The molecule has 1 saturated heterocycles. The Bertz CT molecular complexity index is 1180. The third-order valence-corrected chi connectivity index (χ3v) is 7.86. The Labute approximate surface area is 239 Å². The molecule has 0 spiro atoms. The number of rotatable bonds is 10. The summed E-state index contributed by atoms with van der Waals surface area (Å²) in [5.74, 6) is -3.35. The van der Waals surface area contributed by atoms with E-state index in [0.29, 0.717) is 6.42 Å². The number of hydrogen-bond donors (Lipinski definition) is 4. The number of carbonyl (C=O) groups excluding carboxylic acids is 6. The Morgan fingerprint density at radius 2 is 1.71 bits per heavy atom. The number of likely N-dealkylation sites (tertiary alicyclic amines) is 1. The van der Waals surface area contributed by atoms with Crippen molar-refractivity contribution in [3.63, 3.8) is 0 Å². The normalized spacial score (nSPS) is 22.6. The predicted molar refractivity (Wildman–Crippen MR) is 146 cm³/mol. The zero-order chi connectivity index (χ0) is 29.7. The summed E-state index contributed by atoms with van der Waals surface area (Å²) >= 11 is 0. The molecule has 0 unspecified atom stereocenters. The van der Waals surface area contributed by atoms with Crippen LogP contribution in [0.5, 0.6) is 0 Å². The van der Waals surface area contributed by atoms with Crippen molar-refractivity contribution in [2.24, 2.45) is 11.3 Å². The molecule has 222 valence electrons. The van der Waals surface area contributed by atoms with Crippen LogP contribution < -0.4 is 21.3 Å². The molecule has 3 fully saturated rings. The van der Waals surface area contributed by atoms with Crippen LogP contribution in [-0.4, -0.2) is 87.4 Å². The molecule has 0 aromatic carbocycles. The summed E-state index contributed by atoms with van der Waals surface area (Å²) in [4.78, 5) is 86.3. The van der Waals surface area contributed by atoms with Crippen molar-refractivity contribution in [1.29, 1.82) is 0 Å². The number of hydrogen-bond acceptors (Lipinski definition) is 8. The van der Waals surface area contributed by atoms with Crippen LogP contribution in [0.4, 0.5) is 0 Å². The lowest BCUT2D eigenvalue weighted by molar-refractivity contribution is -0.146. The number of nitrogens with one attached hydrogen (secondary N) is 4. The summed E-state index contributed by atoms with van der Waals surface area (Å²) in [6.07, 6.45) is 9.73. The van der Waals surface area contributed by atoms with Crippen LogP contribution in [0.15, 0.2) is 18.6 Å². The van der Waals surface area contributed by atoms with Crippen LogP contribution in [0.3, 0.4) is 0 Å². The number of aromatic nitrogens is 2. The average Bonchev–Trinajstić information content (AvgIpc) is 3.68. The Morgan fingerprint density at radius 1 is 0.976 bits per heavy atom. The molecule has 0 bridgehead atoms. The summed E-state index contributed by atoms with van der Waals surface area (Å²) < 4.78 is 0. The van der Waals surface area contributed by atoms with Crippen LogP contribution >= 0.6 is 0 Å². The maximum Gasteiger partial charge on any atom is 0.289 e. The van der Waals surface area contributed by atoms with Crippen molar-refractivity contribution in [2.45, 2.75) is 89.9 Å². The van der Waals surface area contributed by atoms with E-state index in [0.717, 1.165) is 38.5 Å². The number of carbonyl (C=O) groups is 6. The summed E-state index contributed by atoms with van der Waals surface area (Å²) in [7, 11) is 0. The zero-order valence-electron chi connectivity index (χ0n) is 23.8. The van der Waals surface area contributed by atoms with Gasteiger partial charge in [-0.05, 0) is 43.4 Å². The summed E-state index contributed by atoms with van der Waals surface area (Å²) in [5, 5.41) is 10.4. The molecule has 5 amide bonds. The molecular formula is C28H39N7O6. The van der Waals surface area contributed by atoms with E-state index in [4.69, 9.17) is 0 Å². The molecule has 13 heteroatoms. The molecule has 4 atom stereocenters. The van der Waals surface area contributed by atoms with Crippen molar-refractivity contribution in [1.82, 2.24) is 36.1 Å². The fourth-order valence-electron chi connectivity index (χ4n) is 5.55. The zero-order valence-corrected chi connectivity index (χ0v) is 23.8. The van der Waals surface area contributed by atoms with Gasteiger partial charge in [0.1, 0.15) is 17.8 Å². The molecule has 0 radical (unpaired) electrons. The topological polar surface area (TPSA) is 180 Å². The Hall–Kier alpha value is -3.90. The van der Waals surface area contributed by atoms with E-state index in [1.54, 1.807) is 4.90 Å². The predicted octanol–water partition coefficient (Wildman–Crippen LogP) is -0.139. The smallest absolute Gasteiger partial charge is 0.289 e. The Kier molecular flexibility index (Phi) is 9.34. The minimum absolute atomic E-state index is 0.0260. The molecule has 1 aromatic rings. The van der Waals surface area contributed by atoms with Crippen LogP contribution in [0.25, 0.3) is 0 Å². The summed E-state index contributed by atoms with van der Waals surface area (Å²) in [5.41, 5.74) is -0.659. The van der Waals surface area contributed by atoms with E-state index in [9.17, 15) is 28.8 Å². The minimum Gasteiger partial charge on any atom is -0.347 e. The minimum atomic E-state index is -0.981.